The average Bonchev–Trinajstić information content (AvgIpc) is 2.56. The lowest BCUT2D eigenvalue weighted by Crippen LogP contribution is -2.21. The molecule has 2 N–H and O–H groups in total. The largest absolute Gasteiger partial charge is 0.323 e. The van der Waals surface area contributed by atoms with E-state index < -0.39 is 23.4 Å². The van der Waals surface area contributed by atoms with Gasteiger partial charge in [0, 0.05) is 20.9 Å². The van der Waals surface area contributed by atoms with Gasteiger partial charge in [0.15, 0.2) is 0 Å². The van der Waals surface area contributed by atoms with Crippen LogP contribution < -0.4 is 10.7 Å². The minimum Gasteiger partial charge on any atom is -0.323 e. The predicted molar refractivity (Wildman–Crippen MR) is 99.3 cm³/mol. The summed E-state index contributed by atoms with van der Waals surface area (Å²) in [5.41, 5.74) is 3.00. The van der Waals surface area contributed by atoms with Gasteiger partial charge in [0.25, 0.3) is 5.91 Å². The molecule has 2 amide bonds. The van der Waals surface area contributed by atoms with E-state index in [0.717, 1.165) is 15.7 Å². The Bertz CT molecular complexity index is 823. The number of hydrogen-bond donors (Lipinski definition) is 2. The van der Waals surface area contributed by atoms with Gasteiger partial charge in [-0.3, -0.25) is 9.59 Å². The van der Waals surface area contributed by atoms with Crippen LogP contribution in [0.3, 0.4) is 0 Å². The molecule has 0 aliphatic rings. The molecular formula is C17H14F2IN3O2. The molecule has 0 radical (unpaired) electrons. The first-order valence-corrected chi connectivity index (χ1v) is 8.27. The van der Waals surface area contributed by atoms with Crippen LogP contribution in [0, 0.1) is 15.2 Å². The van der Waals surface area contributed by atoms with Crippen LogP contribution in [0.1, 0.15) is 23.7 Å². The highest BCUT2D eigenvalue weighted by atomic mass is 127. The number of nitrogens with one attached hydrogen (secondary N) is 2. The van der Waals surface area contributed by atoms with Crippen molar-refractivity contribution in [3.63, 3.8) is 0 Å². The van der Waals surface area contributed by atoms with Crippen LogP contribution >= 0.6 is 22.6 Å². The fourth-order valence-electron chi connectivity index (χ4n) is 1.87. The second kappa shape index (κ2) is 8.65. The summed E-state index contributed by atoms with van der Waals surface area (Å²) in [5.74, 6) is -2.53. The molecule has 2 rings (SSSR count). The number of carbonyl (C=O) groups is 2. The zero-order valence-corrected chi connectivity index (χ0v) is 15.3. The summed E-state index contributed by atoms with van der Waals surface area (Å²) in [4.78, 5) is 23.8. The van der Waals surface area contributed by atoms with E-state index >= 15 is 0 Å². The van der Waals surface area contributed by atoms with Gasteiger partial charge in [-0.25, -0.2) is 14.2 Å². The smallest absolute Gasteiger partial charge is 0.271 e. The Morgan fingerprint density at radius 2 is 1.80 bits per heavy atom. The second-order valence-corrected chi connectivity index (χ2v) is 6.39. The molecule has 5 nitrogen and oxygen atoms in total. The van der Waals surface area contributed by atoms with Crippen molar-refractivity contribution in [2.24, 2.45) is 5.10 Å². The van der Waals surface area contributed by atoms with Crippen molar-refractivity contribution in [2.75, 3.05) is 5.32 Å². The Balaban J connectivity index is 1.90. The monoisotopic (exact) mass is 457 g/mol. The Hall–Kier alpha value is -2.36. The Morgan fingerprint density at radius 3 is 2.44 bits per heavy atom. The molecule has 0 saturated carbocycles. The van der Waals surface area contributed by atoms with Gasteiger partial charge in [-0.15, -0.1) is 0 Å². The normalized spacial score (nSPS) is 11.1. The van der Waals surface area contributed by atoms with Crippen molar-refractivity contribution >= 4 is 45.8 Å². The molecule has 130 valence electrons. The van der Waals surface area contributed by atoms with Crippen LogP contribution in [-0.2, 0) is 4.79 Å². The zero-order chi connectivity index (χ0) is 18.4. The maximum absolute atomic E-state index is 13.5. The molecule has 0 bridgehead atoms. The Kier molecular flexibility index (Phi) is 6.57. The van der Waals surface area contributed by atoms with E-state index in [0.29, 0.717) is 17.3 Å². The summed E-state index contributed by atoms with van der Waals surface area (Å²) in [5, 5.41) is 6.16. The zero-order valence-electron chi connectivity index (χ0n) is 13.1. The Morgan fingerprint density at radius 1 is 1.12 bits per heavy atom. The van der Waals surface area contributed by atoms with Gasteiger partial charge in [0.1, 0.15) is 11.6 Å². The molecule has 0 spiro atoms. The van der Waals surface area contributed by atoms with E-state index in [2.05, 4.69) is 38.4 Å². The number of halogens is 3. The van der Waals surface area contributed by atoms with Gasteiger partial charge in [-0.05, 0) is 65.9 Å². The lowest BCUT2D eigenvalue weighted by molar-refractivity contribution is -0.115. The van der Waals surface area contributed by atoms with Crippen molar-refractivity contribution < 1.29 is 18.4 Å². The first-order valence-electron chi connectivity index (χ1n) is 7.19. The first-order chi connectivity index (χ1) is 11.8. The lowest BCUT2D eigenvalue weighted by atomic mass is 10.2. The van der Waals surface area contributed by atoms with E-state index in [1.165, 1.54) is 0 Å². The molecule has 8 heteroatoms. The third-order valence-electron chi connectivity index (χ3n) is 3.08. The summed E-state index contributed by atoms with van der Waals surface area (Å²) < 4.78 is 27.3. The molecule has 25 heavy (non-hydrogen) atoms. The van der Waals surface area contributed by atoms with Crippen LogP contribution in [0.4, 0.5) is 14.5 Å². The number of benzene rings is 2. The van der Waals surface area contributed by atoms with Gasteiger partial charge in [0.05, 0.1) is 12.1 Å². The maximum atomic E-state index is 13.5. The fraction of sp³-hybridized carbons (Fsp3) is 0.118. The molecule has 0 unspecified atom stereocenters. The van der Waals surface area contributed by atoms with Gasteiger partial charge >= 0.3 is 0 Å². The topological polar surface area (TPSA) is 70.6 Å². The summed E-state index contributed by atoms with van der Waals surface area (Å²) in [6.07, 6.45) is -0.149. The summed E-state index contributed by atoms with van der Waals surface area (Å²) in [7, 11) is 0. The first kappa shape index (κ1) is 19.0. The van der Waals surface area contributed by atoms with Crippen LogP contribution in [0.15, 0.2) is 47.6 Å². The van der Waals surface area contributed by atoms with Gasteiger partial charge in [-0.1, -0.05) is 0 Å². The molecule has 0 aliphatic carbocycles. The van der Waals surface area contributed by atoms with E-state index in [1.807, 2.05) is 0 Å². The van der Waals surface area contributed by atoms with Crippen LogP contribution in [0.2, 0.25) is 0 Å². The highest BCUT2D eigenvalue weighted by molar-refractivity contribution is 14.1. The highest BCUT2D eigenvalue weighted by Crippen LogP contribution is 2.15. The van der Waals surface area contributed by atoms with Crippen LogP contribution in [-0.4, -0.2) is 17.5 Å². The van der Waals surface area contributed by atoms with Gasteiger partial charge in [0.2, 0.25) is 5.91 Å². The average molecular weight is 457 g/mol. The quantitative estimate of drug-likeness (QED) is 0.409. The van der Waals surface area contributed by atoms with Crippen molar-refractivity contribution in [3.05, 3.63) is 63.2 Å². The van der Waals surface area contributed by atoms with Crippen LogP contribution in [0.5, 0.6) is 0 Å². The van der Waals surface area contributed by atoms with Crippen molar-refractivity contribution in [1.29, 1.82) is 0 Å². The van der Waals surface area contributed by atoms with Crippen LogP contribution in [0.25, 0.3) is 0 Å². The molecule has 0 atom stereocenters. The number of amides is 2. The van der Waals surface area contributed by atoms with Crippen molar-refractivity contribution in [3.8, 4) is 0 Å². The lowest BCUT2D eigenvalue weighted by Gasteiger charge is -2.07. The summed E-state index contributed by atoms with van der Waals surface area (Å²) >= 11 is 2.13. The standard InChI is InChI=1S/C17H14F2IN3O2/c1-10(22-23-17(25)11-2-5-13(20)6-3-11)8-16(24)21-15-7-4-12(18)9-14(15)19/h2-7,9H,8H2,1H3,(H,21,24)(H,23,25)/b22-10+. The van der Waals surface area contributed by atoms with E-state index in [9.17, 15) is 18.4 Å². The predicted octanol–water partition coefficient (Wildman–Crippen LogP) is 3.70. The Labute approximate surface area is 156 Å². The van der Waals surface area contributed by atoms with Crippen molar-refractivity contribution in [1.82, 2.24) is 5.43 Å². The molecular weight excluding hydrogens is 443 g/mol. The van der Waals surface area contributed by atoms with Gasteiger partial charge < -0.3 is 5.32 Å². The van der Waals surface area contributed by atoms with Crippen molar-refractivity contribution in [2.45, 2.75) is 13.3 Å². The van der Waals surface area contributed by atoms with E-state index in [4.69, 9.17) is 0 Å². The third kappa shape index (κ3) is 5.89. The molecule has 2 aromatic rings. The number of anilines is 1. The minimum atomic E-state index is -0.866. The number of rotatable bonds is 5. The molecule has 0 aromatic heterocycles. The number of hydrazone groups is 1. The molecule has 0 heterocycles. The second-order valence-electron chi connectivity index (χ2n) is 5.14. The fourth-order valence-corrected chi connectivity index (χ4v) is 2.23. The highest BCUT2D eigenvalue weighted by Gasteiger charge is 2.10. The minimum absolute atomic E-state index is 0.123. The molecule has 0 fully saturated rings. The summed E-state index contributed by atoms with van der Waals surface area (Å²) in [6, 6.07) is 9.75. The molecule has 0 aliphatic heterocycles. The van der Waals surface area contributed by atoms with E-state index in [-0.39, 0.29) is 12.1 Å². The number of nitrogens with zero attached hydrogens (tertiary/aromatic N) is 1. The number of hydrogen-bond acceptors (Lipinski definition) is 3. The molecule has 0 saturated heterocycles. The number of carbonyl (C=O) groups excluding carboxylic acids is 2. The maximum Gasteiger partial charge on any atom is 0.271 e. The molecule has 2 aromatic carbocycles. The summed E-state index contributed by atoms with van der Waals surface area (Å²) in [6.45, 7) is 1.55. The SMILES string of the molecule is C/C(CC(=O)Nc1ccc(F)cc1F)=N\NC(=O)c1ccc(I)cc1. The van der Waals surface area contributed by atoms with E-state index in [1.54, 1.807) is 31.2 Å². The third-order valence-corrected chi connectivity index (χ3v) is 3.80. The van der Waals surface area contributed by atoms with Gasteiger partial charge in [-0.2, -0.15) is 5.10 Å².